The van der Waals surface area contributed by atoms with Crippen LogP contribution in [0, 0.1) is 0 Å². The average Bonchev–Trinajstić information content (AvgIpc) is 2.75. The summed E-state index contributed by atoms with van der Waals surface area (Å²) in [5, 5.41) is 0. The van der Waals surface area contributed by atoms with Gasteiger partial charge in [0.2, 0.25) is 0 Å². The number of H-pyrrole nitrogens is 1. The lowest BCUT2D eigenvalue weighted by Crippen LogP contribution is -2.43. The van der Waals surface area contributed by atoms with Crippen LogP contribution in [0.4, 0.5) is 0 Å². The zero-order valence-corrected chi connectivity index (χ0v) is 12.0. The third kappa shape index (κ3) is 2.97. The van der Waals surface area contributed by atoms with E-state index in [9.17, 15) is 14.4 Å². The summed E-state index contributed by atoms with van der Waals surface area (Å²) >= 11 is 3.24. The number of hydrazine groups is 1. The number of pyridine rings is 1. The quantitative estimate of drug-likeness (QED) is 0.697. The van der Waals surface area contributed by atoms with Gasteiger partial charge in [-0.25, -0.2) is 0 Å². The Morgan fingerprint density at radius 1 is 1.30 bits per heavy atom. The molecule has 0 aliphatic heterocycles. The van der Waals surface area contributed by atoms with Crippen molar-refractivity contribution in [1.29, 1.82) is 0 Å². The summed E-state index contributed by atoms with van der Waals surface area (Å²) in [6, 6.07) is 4.49. The van der Waals surface area contributed by atoms with Crippen molar-refractivity contribution in [3.05, 3.63) is 56.7 Å². The molecule has 0 bridgehead atoms. The third-order valence-electron chi connectivity index (χ3n) is 2.56. The van der Waals surface area contributed by atoms with Crippen molar-refractivity contribution >= 4 is 27.7 Å². The summed E-state index contributed by atoms with van der Waals surface area (Å²) in [5.74, 6) is -1.17. The molecule has 2 aromatic rings. The molecule has 2 heterocycles. The zero-order chi connectivity index (χ0) is 14.7. The molecule has 104 valence electrons. The maximum Gasteiger partial charge on any atom is 0.286 e. The summed E-state index contributed by atoms with van der Waals surface area (Å²) in [6.45, 7) is 0. The fraction of sp³-hybridized carbons (Fsp3) is 0.0833. The van der Waals surface area contributed by atoms with E-state index in [-0.39, 0.29) is 5.56 Å². The molecular weight excluding hydrogens is 328 g/mol. The molecule has 0 atom stereocenters. The number of hydrogen-bond donors (Lipinski definition) is 3. The number of nitrogens with zero attached hydrogens (tertiary/aromatic N) is 1. The number of aryl methyl sites for hydroxylation is 1. The molecule has 0 fully saturated rings. The number of aromatic nitrogens is 2. The minimum Gasteiger partial charge on any atom is -0.345 e. The van der Waals surface area contributed by atoms with Gasteiger partial charge in [-0.1, -0.05) is 0 Å². The van der Waals surface area contributed by atoms with Gasteiger partial charge in [-0.2, -0.15) is 0 Å². The van der Waals surface area contributed by atoms with Gasteiger partial charge in [-0.3, -0.25) is 25.2 Å². The van der Waals surface area contributed by atoms with Gasteiger partial charge in [0.15, 0.2) is 0 Å². The Labute approximate surface area is 122 Å². The van der Waals surface area contributed by atoms with Crippen LogP contribution in [0.25, 0.3) is 0 Å². The molecule has 3 N–H and O–H groups in total. The highest BCUT2D eigenvalue weighted by Crippen LogP contribution is 2.13. The molecule has 0 radical (unpaired) electrons. The van der Waals surface area contributed by atoms with Crippen LogP contribution in [-0.4, -0.2) is 21.4 Å². The largest absolute Gasteiger partial charge is 0.345 e. The third-order valence-corrected chi connectivity index (χ3v) is 2.99. The average molecular weight is 339 g/mol. The summed E-state index contributed by atoms with van der Waals surface area (Å²) in [7, 11) is 1.70. The van der Waals surface area contributed by atoms with Crippen LogP contribution in [0.3, 0.4) is 0 Å². The maximum atomic E-state index is 11.8. The number of carbonyl (C=O) groups is 2. The molecule has 7 nitrogen and oxygen atoms in total. The van der Waals surface area contributed by atoms with Gasteiger partial charge in [0.05, 0.1) is 0 Å². The van der Waals surface area contributed by atoms with Gasteiger partial charge in [0.1, 0.15) is 11.3 Å². The highest BCUT2D eigenvalue weighted by molar-refractivity contribution is 9.10. The van der Waals surface area contributed by atoms with Gasteiger partial charge in [0, 0.05) is 23.9 Å². The van der Waals surface area contributed by atoms with E-state index in [0.717, 1.165) is 4.47 Å². The molecule has 0 spiro atoms. The Morgan fingerprint density at radius 2 is 2.00 bits per heavy atom. The molecule has 2 amide bonds. The van der Waals surface area contributed by atoms with E-state index in [0.29, 0.717) is 5.69 Å². The first-order chi connectivity index (χ1) is 9.49. The van der Waals surface area contributed by atoms with E-state index in [1.54, 1.807) is 23.9 Å². The van der Waals surface area contributed by atoms with Crippen molar-refractivity contribution in [3.63, 3.8) is 0 Å². The predicted molar refractivity (Wildman–Crippen MR) is 75.1 cm³/mol. The molecule has 2 aromatic heterocycles. The van der Waals surface area contributed by atoms with Gasteiger partial charge < -0.3 is 9.55 Å². The fourth-order valence-electron chi connectivity index (χ4n) is 1.60. The Hall–Kier alpha value is -2.35. The first-order valence-electron chi connectivity index (χ1n) is 5.59. The molecule has 0 unspecified atom stereocenters. The molecule has 0 aliphatic rings. The standard InChI is InChI=1S/C12H11BrN4O3/c1-17-6-7(13)5-9(17)12(20)16-15-11(19)8-3-2-4-14-10(8)18/h2-6H,1H3,(H,14,18)(H,15,19)(H,16,20). The predicted octanol–water partition coefficient (Wildman–Crippen LogP) is 0.551. The molecule has 0 aromatic carbocycles. The topological polar surface area (TPSA) is 96.0 Å². The van der Waals surface area contributed by atoms with Gasteiger partial charge in [-0.15, -0.1) is 0 Å². The van der Waals surface area contributed by atoms with Crippen LogP contribution in [0.2, 0.25) is 0 Å². The van der Waals surface area contributed by atoms with Crippen LogP contribution in [0.15, 0.2) is 39.9 Å². The van der Waals surface area contributed by atoms with Crippen LogP contribution in [0.5, 0.6) is 0 Å². The normalized spacial score (nSPS) is 10.1. The van der Waals surface area contributed by atoms with Gasteiger partial charge in [0.25, 0.3) is 17.4 Å². The Kier molecular flexibility index (Phi) is 4.04. The van der Waals surface area contributed by atoms with Crippen molar-refractivity contribution in [2.24, 2.45) is 7.05 Å². The number of amides is 2. The second-order valence-electron chi connectivity index (χ2n) is 3.98. The molecule has 20 heavy (non-hydrogen) atoms. The summed E-state index contributed by atoms with van der Waals surface area (Å²) in [6.07, 6.45) is 3.12. The van der Waals surface area contributed by atoms with E-state index in [1.807, 2.05) is 0 Å². The first kappa shape index (κ1) is 14.1. The fourth-order valence-corrected chi connectivity index (χ4v) is 2.12. The van der Waals surface area contributed by atoms with Crippen LogP contribution < -0.4 is 16.4 Å². The SMILES string of the molecule is Cn1cc(Br)cc1C(=O)NNC(=O)c1ccc[nH]c1=O. The van der Waals surface area contributed by atoms with E-state index >= 15 is 0 Å². The molecular formula is C12H11BrN4O3. The molecule has 0 saturated heterocycles. The first-order valence-corrected chi connectivity index (χ1v) is 6.38. The monoisotopic (exact) mass is 338 g/mol. The number of carbonyl (C=O) groups excluding carboxylic acids is 2. The van der Waals surface area contributed by atoms with Crippen molar-refractivity contribution in [3.8, 4) is 0 Å². The summed E-state index contributed by atoms with van der Waals surface area (Å²) < 4.78 is 2.34. The van der Waals surface area contributed by atoms with E-state index in [2.05, 4.69) is 31.8 Å². The Morgan fingerprint density at radius 3 is 2.60 bits per heavy atom. The van der Waals surface area contributed by atoms with Crippen molar-refractivity contribution < 1.29 is 9.59 Å². The van der Waals surface area contributed by atoms with Crippen LogP contribution >= 0.6 is 15.9 Å². The number of aromatic amines is 1. The van der Waals surface area contributed by atoms with E-state index < -0.39 is 17.4 Å². The molecule has 2 rings (SSSR count). The minimum absolute atomic E-state index is 0.0825. The highest BCUT2D eigenvalue weighted by atomic mass is 79.9. The number of nitrogens with one attached hydrogen (secondary N) is 3. The number of hydrogen-bond acceptors (Lipinski definition) is 3. The second-order valence-corrected chi connectivity index (χ2v) is 4.89. The second kappa shape index (κ2) is 5.74. The van der Waals surface area contributed by atoms with Crippen LogP contribution in [0.1, 0.15) is 20.8 Å². The lowest BCUT2D eigenvalue weighted by atomic mass is 10.3. The van der Waals surface area contributed by atoms with E-state index in [1.165, 1.54) is 18.3 Å². The number of rotatable bonds is 2. The van der Waals surface area contributed by atoms with Crippen LogP contribution in [-0.2, 0) is 7.05 Å². The lowest BCUT2D eigenvalue weighted by Gasteiger charge is -2.07. The van der Waals surface area contributed by atoms with E-state index in [4.69, 9.17) is 0 Å². The maximum absolute atomic E-state index is 11.8. The van der Waals surface area contributed by atoms with Gasteiger partial charge >= 0.3 is 0 Å². The summed E-state index contributed by atoms with van der Waals surface area (Å²) in [4.78, 5) is 37.3. The number of halogens is 1. The highest BCUT2D eigenvalue weighted by Gasteiger charge is 2.14. The molecule has 0 saturated carbocycles. The molecule has 8 heteroatoms. The zero-order valence-electron chi connectivity index (χ0n) is 10.4. The lowest BCUT2D eigenvalue weighted by molar-refractivity contribution is 0.0841. The van der Waals surface area contributed by atoms with Gasteiger partial charge in [-0.05, 0) is 34.1 Å². The van der Waals surface area contributed by atoms with Crippen molar-refractivity contribution in [2.45, 2.75) is 0 Å². The Bertz CT molecular complexity index is 719. The molecule has 0 aliphatic carbocycles. The smallest absolute Gasteiger partial charge is 0.286 e. The Balaban J connectivity index is 2.04. The minimum atomic E-state index is -0.687. The van der Waals surface area contributed by atoms with Crippen molar-refractivity contribution in [1.82, 2.24) is 20.4 Å². The summed E-state index contributed by atoms with van der Waals surface area (Å²) in [5.41, 5.74) is 4.18. The van der Waals surface area contributed by atoms with Crippen molar-refractivity contribution in [2.75, 3.05) is 0 Å².